The van der Waals surface area contributed by atoms with Gasteiger partial charge in [0.2, 0.25) is 11.8 Å². The molecule has 0 bridgehead atoms. The highest BCUT2D eigenvalue weighted by Crippen LogP contribution is 2.36. The summed E-state index contributed by atoms with van der Waals surface area (Å²) in [5.74, 6) is -0.350. The van der Waals surface area contributed by atoms with Gasteiger partial charge in [-0.3, -0.25) is 13.9 Å². The molecule has 238 valence electrons. The number of aryl methyl sites for hydroxylation is 1. The Morgan fingerprint density at radius 2 is 1.64 bits per heavy atom. The second-order valence-corrected chi connectivity index (χ2v) is 12.9. The van der Waals surface area contributed by atoms with Gasteiger partial charge in [0, 0.05) is 19.2 Å². The average Bonchev–Trinajstić information content (AvgIpc) is 3.01. The monoisotopic (exact) mass is 663 g/mol. The first kappa shape index (κ1) is 35.0. The van der Waals surface area contributed by atoms with Gasteiger partial charge < -0.3 is 19.7 Å². The van der Waals surface area contributed by atoms with Gasteiger partial charge in [0.05, 0.1) is 34.8 Å². The Morgan fingerprint density at radius 1 is 0.932 bits per heavy atom. The second-order valence-electron chi connectivity index (χ2n) is 10.2. The van der Waals surface area contributed by atoms with Crippen molar-refractivity contribution in [2.24, 2.45) is 0 Å². The number of carbonyl (C=O) groups excluding carboxylic acids is 2. The van der Waals surface area contributed by atoms with Crippen LogP contribution in [-0.2, 0) is 26.2 Å². The fourth-order valence-corrected chi connectivity index (χ4v) is 6.34. The van der Waals surface area contributed by atoms with Gasteiger partial charge >= 0.3 is 0 Å². The Bertz CT molecular complexity index is 1550. The Kier molecular flexibility index (Phi) is 12.7. The van der Waals surface area contributed by atoms with Gasteiger partial charge in [0.25, 0.3) is 10.0 Å². The normalized spacial score (nSPS) is 11.9. The zero-order valence-corrected chi connectivity index (χ0v) is 27.9. The summed E-state index contributed by atoms with van der Waals surface area (Å²) in [6.45, 7) is 5.48. The molecule has 3 aromatic rings. The summed E-state index contributed by atoms with van der Waals surface area (Å²) >= 11 is 12.4. The number of nitrogens with zero attached hydrogens (tertiary/aromatic N) is 2. The van der Waals surface area contributed by atoms with Crippen LogP contribution in [0.1, 0.15) is 44.2 Å². The molecule has 44 heavy (non-hydrogen) atoms. The van der Waals surface area contributed by atoms with Crippen LogP contribution >= 0.6 is 23.2 Å². The van der Waals surface area contributed by atoms with Gasteiger partial charge in [-0.15, -0.1) is 0 Å². The van der Waals surface area contributed by atoms with E-state index in [4.69, 9.17) is 32.7 Å². The zero-order valence-electron chi connectivity index (χ0n) is 25.6. The molecule has 3 rings (SSSR count). The van der Waals surface area contributed by atoms with E-state index in [1.807, 2.05) is 13.8 Å². The summed E-state index contributed by atoms with van der Waals surface area (Å²) in [4.78, 5) is 29.1. The lowest BCUT2D eigenvalue weighted by atomic mass is 10.1. The van der Waals surface area contributed by atoms with Crippen LogP contribution in [0.5, 0.6) is 11.5 Å². The molecule has 12 heteroatoms. The molecule has 0 aliphatic carbocycles. The first-order chi connectivity index (χ1) is 21.0. The lowest BCUT2D eigenvalue weighted by molar-refractivity contribution is -0.140. The van der Waals surface area contributed by atoms with Crippen molar-refractivity contribution in [3.8, 4) is 11.5 Å². The van der Waals surface area contributed by atoms with Gasteiger partial charge in [-0.05, 0) is 61.7 Å². The van der Waals surface area contributed by atoms with E-state index in [1.165, 1.54) is 37.3 Å². The highest BCUT2D eigenvalue weighted by molar-refractivity contribution is 7.92. The van der Waals surface area contributed by atoms with Crippen LogP contribution in [0.3, 0.4) is 0 Å². The van der Waals surface area contributed by atoms with E-state index in [-0.39, 0.29) is 35.2 Å². The maximum absolute atomic E-state index is 14.3. The molecule has 0 fully saturated rings. The zero-order chi connectivity index (χ0) is 32.4. The number of hydrogen-bond donors (Lipinski definition) is 1. The molecule has 0 spiro atoms. The number of nitrogens with one attached hydrogen (secondary N) is 1. The highest BCUT2D eigenvalue weighted by Gasteiger charge is 2.35. The van der Waals surface area contributed by atoms with E-state index >= 15 is 0 Å². The molecule has 0 aromatic heterocycles. The second kappa shape index (κ2) is 16.0. The Morgan fingerprint density at radius 3 is 2.23 bits per heavy atom. The van der Waals surface area contributed by atoms with Crippen LogP contribution < -0.4 is 19.1 Å². The molecule has 1 atom stereocenters. The van der Waals surface area contributed by atoms with Crippen molar-refractivity contribution < 1.29 is 27.5 Å². The number of anilines is 1. The summed E-state index contributed by atoms with van der Waals surface area (Å²) in [5, 5.41) is 3.55. The molecule has 0 unspecified atom stereocenters. The van der Waals surface area contributed by atoms with Gasteiger partial charge in [0.15, 0.2) is 0 Å². The number of amides is 2. The molecular weight excluding hydrogens is 625 g/mol. The number of hydrogen-bond acceptors (Lipinski definition) is 6. The van der Waals surface area contributed by atoms with Gasteiger partial charge in [0.1, 0.15) is 24.1 Å². The third kappa shape index (κ3) is 8.58. The van der Waals surface area contributed by atoms with E-state index in [0.29, 0.717) is 27.9 Å². The lowest BCUT2D eigenvalue weighted by Crippen LogP contribution is -2.52. The number of methoxy groups -OCH3 is 2. The first-order valence-corrected chi connectivity index (χ1v) is 16.5. The average molecular weight is 665 g/mol. The summed E-state index contributed by atoms with van der Waals surface area (Å²) in [5.41, 5.74) is 1.60. The molecule has 0 saturated heterocycles. The van der Waals surface area contributed by atoms with E-state index in [1.54, 1.807) is 49.4 Å². The van der Waals surface area contributed by atoms with Gasteiger partial charge in [-0.25, -0.2) is 8.42 Å². The van der Waals surface area contributed by atoms with Crippen molar-refractivity contribution in [1.82, 2.24) is 10.2 Å². The largest absolute Gasteiger partial charge is 0.497 e. The lowest BCUT2D eigenvalue weighted by Gasteiger charge is -2.33. The van der Waals surface area contributed by atoms with Crippen molar-refractivity contribution in [2.75, 3.05) is 31.6 Å². The summed E-state index contributed by atoms with van der Waals surface area (Å²) in [7, 11) is -1.43. The molecule has 0 aliphatic heterocycles. The first-order valence-electron chi connectivity index (χ1n) is 14.3. The van der Waals surface area contributed by atoms with Gasteiger partial charge in [-0.1, -0.05) is 67.2 Å². The van der Waals surface area contributed by atoms with Crippen LogP contribution in [0.2, 0.25) is 10.0 Å². The van der Waals surface area contributed by atoms with Crippen LogP contribution in [0.4, 0.5) is 5.69 Å². The number of sulfonamides is 1. The fraction of sp³-hybridized carbons (Fsp3) is 0.375. The van der Waals surface area contributed by atoms with Crippen molar-refractivity contribution in [3.05, 3.63) is 81.8 Å². The highest BCUT2D eigenvalue weighted by atomic mass is 35.5. The number of rotatable bonds is 15. The predicted octanol–water partition coefficient (Wildman–Crippen LogP) is 6.24. The van der Waals surface area contributed by atoms with Crippen molar-refractivity contribution in [2.45, 2.75) is 57.5 Å². The van der Waals surface area contributed by atoms with Crippen LogP contribution in [0.15, 0.2) is 65.6 Å². The summed E-state index contributed by atoms with van der Waals surface area (Å²) < 4.78 is 40.3. The minimum Gasteiger partial charge on any atom is -0.497 e. The Hall–Kier alpha value is -3.47. The number of halogens is 2. The number of carbonyl (C=O) groups is 2. The van der Waals surface area contributed by atoms with E-state index < -0.39 is 28.5 Å². The summed E-state index contributed by atoms with van der Waals surface area (Å²) in [6, 6.07) is 15.1. The van der Waals surface area contributed by atoms with Crippen LogP contribution in [-0.4, -0.2) is 58.5 Å². The van der Waals surface area contributed by atoms with Crippen molar-refractivity contribution in [3.63, 3.8) is 0 Å². The maximum Gasteiger partial charge on any atom is 0.264 e. The Labute approximate surface area is 270 Å². The fourth-order valence-electron chi connectivity index (χ4n) is 4.60. The summed E-state index contributed by atoms with van der Waals surface area (Å²) in [6.07, 6.45) is 1.95. The van der Waals surface area contributed by atoms with Gasteiger partial charge in [-0.2, -0.15) is 0 Å². The molecule has 0 radical (unpaired) electrons. The minimum absolute atomic E-state index is 0.0108. The smallest absolute Gasteiger partial charge is 0.264 e. The Balaban J connectivity index is 2.14. The molecule has 0 heterocycles. The minimum atomic E-state index is -4.30. The molecule has 9 nitrogen and oxygen atoms in total. The van der Waals surface area contributed by atoms with E-state index in [9.17, 15) is 18.0 Å². The molecule has 1 N–H and O–H groups in total. The van der Waals surface area contributed by atoms with E-state index in [0.717, 1.165) is 22.7 Å². The van der Waals surface area contributed by atoms with Crippen LogP contribution in [0.25, 0.3) is 0 Å². The number of unbranched alkanes of at least 4 members (excludes halogenated alkanes) is 1. The molecule has 3 aromatic carbocycles. The van der Waals surface area contributed by atoms with E-state index in [2.05, 4.69) is 5.32 Å². The molecule has 0 saturated carbocycles. The predicted molar refractivity (Wildman–Crippen MR) is 174 cm³/mol. The molecule has 2 amide bonds. The number of benzene rings is 3. The quantitative estimate of drug-likeness (QED) is 0.193. The van der Waals surface area contributed by atoms with Crippen molar-refractivity contribution in [1.29, 1.82) is 0 Å². The number of ether oxygens (including phenoxy) is 2. The molecular formula is C32H39Cl2N3O6S. The van der Waals surface area contributed by atoms with Crippen molar-refractivity contribution >= 4 is 50.7 Å². The standard InChI is InChI=1S/C32H39Cl2N3O6S/c1-6-8-17-35-32(39)28(7-2)36(20-23-11-15-26(33)27(34)18-23)31(38)21-37(29-19-24(42-4)12-16-30(29)43-5)44(40,41)25-13-9-22(3)10-14-25/h9-16,18-19,28H,6-8,17,20-21H2,1-5H3,(H,35,39)/t28-/m1/s1. The third-order valence-corrected chi connectivity index (χ3v) is 9.61. The van der Waals surface area contributed by atoms with Crippen LogP contribution in [0, 0.1) is 6.92 Å². The SMILES string of the molecule is CCCCNC(=O)[C@@H](CC)N(Cc1ccc(Cl)c(Cl)c1)C(=O)CN(c1cc(OC)ccc1OC)S(=O)(=O)c1ccc(C)cc1. The molecule has 0 aliphatic rings. The topological polar surface area (TPSA) is 105 Å². The third-order valence-electron chi connectivity index (χ3n) is 7.09. The maximum atomic E-state index is 14.3.